The van der Waals surface area contributed by atoms with E-state index >= 15 is 0 Å². The zero-order valence-electron chi connectivity index (χ0n) is 12.5. The molecule has 2 N–H and O–H groups in total. The summed E-state index contributed by atoms with van der Waals surface area (Å²) in [6.07, 6.45) is 2.93. The summed E-state index contributed by atoms with van der Waals surface area (Å²) >= 11 is 0. The summed E-state index contributed by atoms with van der Waals surface area (Å²) in [5, 5.41) is 23.7. The normalized spacial score (nSPS) is 11.2. The van der Waals surface area contributed by atoms with E-state index in [0.29, 0.717) is 18.4 Å². The monoisotopic (exact) mass is 294 g/mol. The van der Waals surface area contributed by atoms with Gasteiger partial charge in [-0.15, -0.1) is 0 Å². The first-order valence-electron chi connectivity index (χ1n) is 7.17. The molecule has 1 aromatic carbocycles. The molecule has 0 spiro atoms. The summed E-state index contributed by atoms with van der Waals surface area (Å²) in [4.78, 5) is 22.0. The molecule has 0 aliphatic carbocycles. The summed E-state index contributed by atoms with van der Waals surface area (Å²) in [6.45, 7) is 4.15. The third kappa shape index (κ3) is 5.15. The fourth-order valence-electron chi connectivity index (χ4n) is 2.31. The van der Waals surface area contributed by atoms with E-state index < -0.39 is 10.5 Å². The Kier molecular flexibility index (Phi) is 6.30. The highest BCUT2D eigenvalue weighted by Gasteiger charge is 2.25. The summed E-state index contributed by atoms with van der Waals surface area (Å²) in [5.74, 6) is -0.337. The molecule has 0 heterocycles. The van der Waals surface area contributed by atoms with Gasteiger partial charge in [-0.1, -0.05) is 26.7 Å². The molecular weight excluding hydrogens is 272 g/mol. The standard InChI is InChI=1S/C15H22N2O4/c1-3-9-15(19,10-4-2)11-16-14(18)12-5-7-13(8-6-12)17(20)21/h5-8,19H,3-4,9-11H2,1-2H3,(H,16,18). The largest absolute Gasteiger partial charge is 0.388 e. The van der Waals surface area contributed by atoms with E-state index in [-0.39, 0.29) is 18.1 Å². The van der Waals surface area contributed by atoms with Crippen LogP contribution in [0.3, 0.4) is 0 Å². The van der Waals surface area contributed by atoms with E-state index in [1.165, 1.54) is 24.3 Å². The molecule has 0 fully saturated rings. The molecule has 1 rings (SSSR count). The Morgan fingerprint density at radius 2 is 1.76 bits per heavy atom. The Morgan fingerprint density at radius 1 is 1.24 bits per heavy atom. The lowest BCUT2D eigenvalue weighted by molar-refractivity contribution is -0.384. The zero-order chi connectivity index (χ0) is 15.9. The van der Waals surface area contributed by atoms with Crippen LogP contribution in [0.1, 0.15) is 49.9 Å². The van der Waals surface area contributed by atoms with Gasteiger partial charge in [0, 0.05) is 24.2 Å². The number of hydrogen-bond donors (Lipinski definition) is 2. The van der Waals surface area contributed by atoms with Crippen molar-refractivity contribution in [3.63, 3.8) is 0 Å². The molecule has 0 atom stereocenters. The van der Waals surface area contributed by atoms with Crippen molar-refractivity contribution in [2.75, 3.05) is 6.54 Å². The van der Waals surface area contributed by atoms with Crippen LogP contribution in [-0.2, 0) is 0 Å². The van der Waals surface area contributed by atoms with Crippen molar-refractivity contribution in [2.45, 2.75) is 45.1 Å². The molecule has 6 heteroatoms. The number of carbonyl (C=O) groups is 1. The Bertz CT molecular complexity index is 479. The first kappa shape index (κ1) is 17.1. The molecule has 6 nitrogen and oxygen atoms in total. The summed E-state index contributed by atoms with van der Waals surface area (Å²) in [6, 6.07) is 5.40. The molecule has 0 aliphatic heterocycles. The molecule has 0 saturated heterocycles. The van der Waals surface area contributed by atoms with Crippen molar-refractivity contribution in [2.24, 2.45) is 0 Å². The van der Waals surface area contributed by atoms with E-state index in [4.69, 9.17) is 0 Å². The zero-order valence-corrected chi connectivity index (χ0v) is 12.5. The highest BCUT2D eigenvalue weighted by molar-refractivity contribution is 5.94. The van der Waals surface area contributed by atoms with Crippen LogP contribution in [0, 0.1) is 10.1 Å². The number of nitrogens with one attached hydrogen (secondary N) is 1. The predicted molar refractivity (Wildman–Crippen MR) is 80.2 cm³/mol. The molecule has 1 aromatic rings. The van der Waals surface area contributed by atoms with Crippen molar-refractivity contribution in [3.8, 4) is 0 Å². The molecule has 0 radical (unpaired) electrons. The molecule has 0 aromatic heterocycles. The molecule has 0 bridgehead atoms. The maximum absolute atomic E-state index is 12.0. The average molecular weight is 294 g/mol. The minimum Gasteiger partial charge on any atom is -0.388 e. The van der Waals surface area contributed by atoms with E-state index in [2.05, 4.69) is 5.32 Å². The topological polar surface area (TPSA) is 92.5 Å². The second-order valence-corrected chi connectivity index (χ2v) is 5.21. The number of amides is 1. The average Bonchev–Trinajstić information content (AvgIpc) is 2.45. The summed E-state index contributed by atoms with van der Waals surface area (Å²) in [5.41, 5.74) is -0.601. The van der Waals surface area contributed by atoms with Gasteiger partial charge in [0.2, 0.25) is 0 Å². The minimum absolute atomic E-state index is 0.0555. The van der Waals surface area contributed by atoms with E-state index in [9.17, 15) is 20.0 Å². The maximum Gasteiger partial charge on any atom is 0.269 e. The third-order valence-electron chi connectivity index (χ3n) is 3.35. The minimum atomic E-state index is -0.889. The molecule has 21 heavy (non-hydrogen) atoms. The molecule has 1 amide bonds. The van der Waals surface area contributed by atoms with E-state index in [1.807, 2.05) is 13.8 Å². The summed E-state index contributed by atoms with van der Waals surface area (Å²) < 4.78 is 0. The van der Waals surface area contributed by atoms with Crippen molar-refractivity contribution in [1.82, 2.24) is 5.32 Å². The van der Waals surface area contributed by atoms with E-state index in [0.717, 1.165) is 12.8 Å². The highest BCUT2D eigenvalue weighted by Crippen LogP contribution is 2.19. The number of nitro benzene ring substituents is 1. The fraction of sp³-hybridized carbons (Fsp3) is 0.533. The van der Waals surface area contributed by atoms with Crippen LogP contribution in [0.15, 0.2) is 24.3 Å². The van der Waals surface area contributed by atoms with E-state index in [1.54, 1.807) is 0 Å². The van der Waals surface area contributed by atoms with Crippen molar-refractivity contribution >= 4 is 11.6 Å². The molecule has 0 saturated carbocycles. The molecular formula is C15H22N2O4. The van der Waals surface area contributed by atoms with Gasteiger partial charge in [0.05, 0.1) is 10.5 Å². The number of aliphatic hydroxyl groups is 1. The van der Waals surface area contributed by atoms with Crippen LogP contribution in [0.2, 0.25) is 0 Å². The van der Waals surface area contributed by atoms with Crippen molar-refractivity contribution in [1.29, 1.82) is 0 Å². The third-order valence-corrected chi connectivity index (χ3v) is 3.35. The number of benzene rings is 1. The van der Waals surface area contributed by atoms with Gasteiger partial charge in [-0.2, -0.15) is 0 Å². The number of rotatable bonds is 8. The van der Waals surface area contributed by atoms with Gasteiger partial charge in [0.15, 0.2) is 0 Å². The van der Waals surface area contributed by atoms with Gasteiger partial charge in [-0.25, -0.2) is 0 Å². The number of carbonyl (C=O) groups excluding carboxylic acids is 1. The smallest absolute Gasteiger partial charge is 0.269 e. The molecule has 0 aliphatic rings. The first-order chi connectivity index (χ1) is 9.91. The number of hydrogen-bond acceptors (Lipinski definition) is 4. The Morgan fingerprint density at radius 3 is 2.19 bits per heavy atom. The molecule has 116 valence electrons. The van der Waals surface area contributed by atoms with Gasteiger partial charge >= 0.3 is 0 Å². The second-order valence-electron chi connectivity index (χ2n) is 5.21. The Hall–Kier alpha value is -1.95. The number of nitro groups is 1. The van der Waals surface area contributed by atoms with Crippen LogP contribution < -0.4 is 5.32 Å². The van der Waals surface area contributed by atoms with Crippen molar-refractivity contribution in [3.05, 3.63) is 39.9 Å². The lowest BCUT2D eigenvalue weighted by Crippen LogP contribution is -2.42. The number of nitrogens with zero attached hydrogens (tertiary/aromatic N) is 1. The second kappa shape index (κ2) is 7.73. The van der Waals surface area contributed by atoms with Crippen molar-refractivity contribution < 1.29 is 14.8 Å². The van der Waals surface area contributed by atoms with Gasteiger partial charge in [0.25, 0.3) is 11.6 Å². The SMILES string of the molecule is CCCC(O)(CCC)CNC(=O)c1ccc([N+](=O)[O-])cc1. The van der Waals surface area contributed by atoms with Gasteiger partial charge in [-0.3, -0.25) is 14.9 Å². The van der Waals surface area contributed by atoms with Crippen LogP contribution in [0.5, 0.6) is 0 Å². The lowest BCUT2D eigenvalue weighted by atomic mass is 9.92. The summed E-state index contributed by atoms with van der Waals surface area (Å²) in [7, 11) is 0. The molecule has 0 unspecified atom stereocenters. The number of non-ortho nitro benzene ring substituents is 1. The fourth-order valence-corrected chi connectivity index (χ4v) is 2.31. The highest BCUT2D eigenvalue weighted by atomic mass is 16.6. The quantitative estimate of drug-likeness (QED) is 0.569. The van der Waals surface area contributed by atoms with Crippen LogP contribution >= 0.6 is 0 Å². The van der Waals surface area contributed by atoms with Gasteiger partial charge in [-0.05, 0) is 25.0 Å². The van der Waals surface area contributed by atoms with Crippen LogP contribution in [0.4, 0.5) is 5.69 Å². The van der Waals surface area contributed by atoms with Gasteiger partial charge in [0.1, 0.15) is 0 Å². The van der Waals surface area contributed by atoms with Crippen LogP contribution in [-0.4, -0.2) is 28.1 Å². The predicted octanol–water partition coefficient (Wildman–Crippen LogP) is 2.66. The maximum atomic E-state index is 12.0. The van der Waals surface area contributed by atoms with Gasteiger partial charge < -0.3 is 10.4 Å². The Balaban J connectivity index is 2.65. The first-order valence-corrected chi connectivity index (χ1v) is 7.17. The van der Waals surface area contributed by atoms with Crippen LogP contribution in [0.25, 0.3) is 0 Å². The Labute approximate surface area is 124 Å². The lowest BCUT2D eigenvalue weighted by Gasteiger charge is -2.27.